The molecular weight excluding hydrogens is 434 g/mol. The summed E-state index contributed by atoms with van der Waals surface area (Å²) in [6.07, 6.45) is 1.04. The third-order valence-corrected chi connectivity index (χ3v) is 4.82. The third kappa shape index (κ3) is 4.14. The molecule has 0 radical (unpaired) electrons. The van der Waals surface area contributed by atoms with Crippen molar-refractivity contribution in [2.24, 2.45) is 0 Å². The number of aromatic nitrogens is 2. The number of nitrogens with zero attached hydrogens (tertiary/aromatic N) is 2. The maximum absolute atomic E-state index is 14.2. The molecule has 0 saturated heterocycles. The average Bonchev–Trinajstić information content (AvgIpc) is 3.16. The number of esters is 1. The molecule has 2 aromatic heterocycles. The van der Waals surface area contributed by atoms with Gasteiger partial charge in [-0.15, -0.1) is 0 Å². The molecular formula is C20H13Cl2FN4O3. The van der Waals surface area contributed by atoms with Crippen LogP contribution in [-0.4, -0.2) is 23.0 Å². The van der Waals surface area contributed by atoms with Crippen molar-refractivity contribution in [1.82, 2.24) is 9.97 Å². The zero-order valence-electron chi connectivity index (χ0n) is 15.4. The maximum Gasteiger partial charge on any atom is 0.373 e. The van der Waals surface area contributed by atoms with E-state index in [9.17, 15) is 9.18 Å². The molecule has 2 aromatic carbocycles. The van der Waals surface area contributed by atoms with E-state index in [0.29, 0.717) is 32.4 Å². The van der Waals surface area contributed by atoms with Crippen LogP contribution in [0.15, 0.2) is 53.1 Å². The van der Waals surface area contributed by atoms with E-state index < -0.39 is 11.8 Å². The fraction of sp³-hybridized carbons (Fsp3) is 0.0500. The first-order valence-electron chi connectivity index (χ1n) is 8.56. The number of halogens is 3. The summed E-state index contributed by atoms with van der Waals surface area (Å²) in [5.41, 5.74) is 1.65. The lowest BCUT2D eigenvalue weighted by atomic mass is 10.2. The molecule has 7 nitrogen and oxygen atoms in total. The van der Waals surface area contributed by atoms with E-state index in [1.165, 1.54) is 7.11 Å². The second-order valence-corrected chi connectivity index (χ2v) is 6.94. The molecule has 0 fully saturated rings. The number of furan rings is 1. The number of benzene rings is 2. The minimum Gasteiger partial charge on any atom is -0.463 e. The Morgan fingerprint density at radius 1 is 1.07 bits per heavy atom. The first-order valence-corrected chi connectivity index (χ1v) is 9.32. The van der Waals surface area contributed by atoms with Crippen molar-refractivity contribution in [3.63, 3.8) is 0 Å². The Balaban J connectivity index is 1.58. The van der Waals surface area contributed by atoms with Crippen LogP contribution < -0.4 is 10.6 Å². The number of nitrogens with one attached hydrogen (secondary N) is 2. The Morgan fingerprint density at radius 2 is 1.83 bits per heavy atom. The van der Waals surface area contributed by atoms with E-state index in [2.05, 4.69) is 25.3 Å². The highest BCUT2D eigenvalue weighted by Crippen LogP contribution is 2.28. The lowest BCUT2D eigenvalue weighted by Crippen LogP contribution is -2.03. The van der Waals surface area contributed by atoms with Gasteiger partial charge in [0.25, 0.3) is 0 Å². The lowest BCUT2D eigenvalue weighted by molar-refractivity contribution is 0.0567. The van der Waals surface area contributed by atoms with Crippen LogP contribution in [0.5, 0.6) is 0 Å². The van der Waals surface area contributed by atoms with Gasteiger partial charge in [0, 0.05) is 16.8 Å². The second-order valence-electron chi connectivity index (χ2n) is 6.12. The molecule has 0 saturated carbocycles. The quantitative estimate of drug-likeness (QED) is 0.366. The number of hydrogen-bond acceptors (Lipinski definition) is 7. The number of anilines is 4. The zero-order valence-corrected chi connectivity index (χ0v) is 16.9. The Labute approximate surface area is 179 Å². The van der Waals surface area contributed by atoms with Gasteiger partial charge in [-0.25, -0.2) is 14.2 Å². The predicted octanol–water partition coefficient (Wildman–Crippen LogP) is 5.94. The maximum atomic E-state index is 14.2. The van der Waals surface area contributed by atoms with Crippen molar-refractivity contribution in [3.8, 4) is 0 Å². The predicted molar refractivity (Wildman–Crippen MR) is 113 cm³/mol. The molecule has 4 rings (SSSR count). The van der Waals surface area contributed by atoms with Crippen LogP contribution in [-0.2, 0) is 4.74 Å². The van der Waals surface area contributed by atoms with Crippen LogP contribution in [0.1, 0.15) is 10.6 Å². The Hall–Kier alpha value is -3.36. The molecule has 4 aromatic rings. The van der Waals surface area contributed by atoms with Gasteiger partial charge in [0.1, 0.15) is 5.58 Å². The van der Waals surface area contributed by atoms with Gasteiger partial charge in [-0.05, 0) is 42.5 Å². The summed E-state index contributed by atoms with van der Waals surface area (Å²) in [5.74, 6) is -0.991. The SMILES string of the molecule is COC(=O)c1cc2cc(Nc3ncc(F)c(Nc4ccc(Cl)c(Cl)c4)n3)ccc2o1. The van der Waals surface area contributed by atoms with Crippen molar-refractivity contribution >= 4 is 63.3 Å². The average molecular weight is 447 g/mol. The van der Waals surface area contributed by atoms with Gasteiger partial charge in [0.2, 0.25) is 11.7 Å². The van der Waals surface area contributed by atoms with E-state index in [1.54, 1.807) is 42.5 Å². The summed E-state index contributed by atoms with van der Waals surface area (Å²) >= 11 is 11.9. The van der Waals surface area contributed by atoms with Crippen LogP contribution in [0.2, 0.25) is 10.0 Å². The molecule has 0 amide bonds. The topological polar surface area (TPSA) is 89.3 Å². The minimum atomic E-state index is -0.639. The summed E-state index contributed by atoms with van der Waals surface area (Å²) in [5, 5.41) is 7.22. The van der Waals surface area contributed by atoms with Crippen molar-refractivity contribution in [2.45, 2.75) is 0 Å². The normalized spacial score (nSPS) is 10.8. The first kappa shape index (κ1) is 19.9. The minimum absolute atomic E-state index is 0.0387. The lowest BCUT2D eigenvalue weighted by Gasteiger charge is -2.10. The molecule has 10 heteroatoms. The number of rotatable bonds is 5. The number of carbonyl (C=O) groups excluding carboxylic acids is 1. The monoisotopic (exact) mass is 446 g/mol. The van der Waals surface area contributed by atoms with Crippen molar-refractivity contribution in [3.05, 3.63) is 70.3 Å². The molecule has 2 N–H and O–H groups in total. The van der Waals surface area contributed by atoms with Crippen LogP contribution in [0.25, 0.3) is 11.0 Å². The van der Waals surface area contributed by atoms with Gasteiger partial charge in [0.15, 0.2) is 11.6 Å². The Kier molecular flexibility index (Phi) is 5.43. The molecule has 30 heavy (non-hydrogen) atoms. The molecule has 0 aliphatic rings. The number of ether oxygens (including phenoxy) is 1. The fourth-order valence-electron chi connectivity index (χ4n) is 2.68. The highest BCUT2D eigenvalue weighted by atomic mass is 35.5. The van der Waals surface area contributed by atoms with Crippen molar-refractivity contribution < 1.29 is 18.3 Å². The summed E-state index contributed by atoms with van der Waals surface area (Å²) in [7, 11) is 1.28. The van der Waals surface area contributed by atoms with E-state index in [-0.39, 0.29) is 17.5 Å². The van der Waals surface area contributed by atoms with Crippen LogP contribution in [0.4, 0.5) is 27.5 Å². The molecule has 0 aliphatic heterocycles. The highest BCUT2D eigenvalue weighted by Gasteiger charge is 2.13. The molecule has 0 aliphatic carbocycles. The van der Waals surface area contributed by atoms with E-state index >= 15 is 0 Å². The van der Waals surface area contributed by atoms with Gasteiger partial charge < -0.3 is 19.8 Å². The number of fused-ring (bicyclic) bond motifs is 1. The molecule has 152 valence electrons. The second kappa shape index (κ2) is 8.17. The van der Waals surface area contributed by atoms with Crippen molar-refractivity contribution in [2.75, 3.05) is 17.7 Å². The zero-order chi connectivity index (χ0) is 21.3. The van der Waals surface area contributed by atoms with Gasteiger partial charge in [0.05, 0.1) is 23.4 Å². The van der Waals surface area contributed by atoms with E-state index in [1.807, 2.05) is 0 Å². The molecule has 0 atom stereocenters. The highest BCUT2D eigenvalue weighted by molar-refractivity contribution is 6.42. The number of carbonyl (C=O) groups is 1. The van der Waals surface area contributed by atoms with Gasteiger partial charge in [-0.2, -0.15) is 4.98 Å². The van der Waals surface area contributed by atoms with Crippen LogP contribution in [0, 0.1) is 5.82 Å². The van der Waals surface area contributed by atoms with Crippen molar-refractivity contribution in [1.29, 1.82) is 0 Å². The largest absolute Gasteiger partial charge is 0.463 e. The smallest absolute Gasteiger partial charge is 0.373 e. The van der Waals surface area contributed by atoms with Gasteiger partial charge in [-0.1, -0.05) is 23.2 Å². The van der Waals surface area contributed by atoms with E-state index in [0.717, 1.165) is 6.20 Å². The Bertz CT molecular complexity index is 1260. The number of methoxy groups -OCH3 is 1. The Morgan fingerprint density at radius 3 is 2.60 bits per heavy atom. The molecule has 0 bridgehead atoms. The molecule has 0 spiro atoms. The fourth-order valence-corrected chi connectivity index (χ4v) is 2.98. The van der Waals surface area contributed by atoms with Gasteiger partial charge in [-0.3, -0.25) is 0 Å². The summed E-state index contributed by atoms with van der Waals surface area (Å²) in [6, 6.07) is 11.5. The molecule has 2 heterocycles. The van der Waals surface area contributed by atoms with E-state index in [4.69, 9.17) is 27.6 Å². The van der Waals surface area contributed by atoms with Crippen LogP contribution in [0.3, 0.4) is 0 Å². The third-order valence-electron chi connectivity index (χ3n) is 4.09. The van der Waals surface area contributed by atoms with Gasteiger partial charge >= 0.3 is 5.97 Å². The van der Waals surface area contributed by atoms with Crippen LogP contribution >= 0.6 is 23.2 Å². The summed E-state index contributed by atoms with van der Waals surface area (Å²) in [4.78, 5) is 19.7. The summed E-state index contributed by atoms with van der Waals surface area (Å²) < 4.78 is 24.2. The molecule has 0 unspecified atom stereocenters. The number of hydrogen-bond donors (Lipinski definition) is 2. The standard InChI is InChI=1S/C20H13Cl2FN4O3/c1-29-19(28)17-7-10-6-11(3-5-16(10)30-17)26-20-24-9-15(23)18(27-20)25-12-2-4-13(21)14(22)8-12/h2-9H,1H3,(H2,24,25,26,27). The first-order chi connectivity index (χ1) is 14.4. The summed E-state index contributed by atoms with van der Waals surface area (Å²) in [6.45, 7) is 0.